The second kappa shape index (κ2) is 6.60. The van der Waals surface area contributed by atoms with Crippen LogP contribution in [0.25, 0.3) is 0 Å². The minimum absolute atomic E-state index is 0.0374. The molecule has 0 aliphatic carbocycles. The minimum Gasteiger partial charge on any atom is -0.454 e. The van der Waals surface area contributed by atoms with Crippen molar-refractivity contribution < 1.29 is 14.3 Å². The summed E-state index contributed by atoms with van der Waals surface area (Å²) in [6.45, 7) is 3.22. The van der Waals surface area contributed by atoms with Gasteiger partial charge in [-0.25, -0.2) is 0 Å². The van der Waals surface area contributed by atoms with Crippen molar-refractivity contribution in [3.05, 3.63) is 50.6 Å². The van der Waals surface area contributed by atoms with Crippen LogP contribution in [0.1, 0.15) is 18.2 Å². The van der Waals surface area contributed by atoms with Gasteiger partial charge in [0.15, 0.2) is 6.61 Å². The van der Waals surface area contributed by atoms with Crippen LogP contribution in [0, 0.1) is 6.92 Å². The lowest BCUT2D eigenvalue weighted by Crippen LogP contribution is -2.39. The SMILES string of the molecule is Cc1csc(=O)n1CC(=O)OCC(=O)N1c2ccccc2C[C@H]1C. The molecule has 0 spiro atoms. The largest absolute Gasteiger partial charge is 0.454 e. The Kier molecular flexibility index (Phi) is 4.53. The van der Waals surface area contributed by atoms with Crippen molar-refractivity contribution in [2.45, 2.75) is 32.9 Å². The van der Waals surface area contributed by atoms with Gasteiger partial charge in [-0.3, -0.25) is 19.0 Å². The third-order valence-corrected chi connectivity index (χ3v) is 4.98. The molecule has 1 atom stereocenters. The van der Waals surface area contributed by atoms with Crippen LogP contribution in [0.3, 0.4) is 0 Å². The summed E-state index contributed by atoms with van der Waals surface area (Å²) in [4.78, 5) is 37.4. The first kappa shape index (κ1) is 16.4. The topological polar surface area (TPSA) is 68.6 Å². The van der Waals surface area contributed by atoms with E-state index in [-0.39, 0.29) is 30.0 Å². The lowest BCUT2D eigenvalue weighted by Gasteiger charge is -2.22. The maximum absolute atomic E-state index is 12.4. The molecule has 24 heavy (non-hydrogen) atoms. The van der Waals surface area contributed by atoms with Crippen LogP contribution in [0.5, 0.6) is 0 Å². The van der Waals surface area contributed by atoms with E-state index in [0.29, 0.717) is 5.69 Å². The predicted molar refractivity (Wildman–Crippen MR) is 91.4 cm³/mol. The average Bonchev–Trinajstić information content (AvgIpc) is 3.05. The number of rotatable bonds is 4. The number of hydrogen-bond donors (Lipinski definition) is 0. The Morgan fingerprint density at radius 1 is 1.33 bits per heavy atom. The third kappa shape index (κ3) is 3.12. The molecule has 6 nitrogen and oxygen atoms in total. The molecule has 0 saturated carbocycles. The van der Waals surface area contributed by atoms with E-state index < -0.39 is 5.97 Å². The van der Waals surface area contributed by atoms with Crippen LogP contribution in [0.15, 0.2) is 34.4 Å². The number of hydrogen-bond acceptors (Lipinski definition) is 5. The van der Waals surface area contributed by atoms with Gasteiger partial charge in [0.1, 0.15) is 6.54 Å². The Morgan fingerprint density at radius 2 is 2.08 bits per heavy atom. The molecule has 2 heterocycles. The van der Waals surface area contributed by atoms with Crippen LogP contribution >= 0.6 is 11.3 Å². The average molecular weight is 346 g/mol. The molecule has 0 N–H and O–H groups in total. The highest BCUT2D eigenvalue weighted by Crippen LogP contribution is 2.31. The molecule has 1 aliphatic heterocycles. The number of amides is 1. The summed E-state index contributed by atoms with van der Waals surface area (Å²) < 4.78 is 6.42. The fourth-order valence-electron chi connectivity index (χ4n) is 2.93. The molecule has 1 aliphatic rings. The van der Waals surface area contributed by atoms with E-state index in [1.54, 1.807) is 17.2 Å². The second-order valence-electron chi connectivity index (χ2n) is 5.84. The van der Waals surface area contributed by atoms with Crippen molar-refractivity contribution in [2.75, 3.05) is 11.5 Å². The highest BCUT2D eigenvalue weighted by atomic mass is 32.1. The van der Waals surface area contributed by atoms with E-state index in [1.807, 2.05) is 31.2 Å². The Morgan fingerprint density at radius 3 is 2.79 bits per heavy atom. The Balaban J connectivity index is 1.62. The van der Waals surface area contributed by atoms with E-state index in [0.717, 1.165) is 29.0 Å². The van der Waals surface area contributed by atoms with Gasteiger partial charge < -0.3 is 9.64 Å². The summed E-state index contributed by atoms with van der Waals surface area (Å²) in [6.07, 6.45) is 0.791. The quantitative estimate of drug-likeness (QED) is 0.791. The maximum atomic E-state index is 12.4. The number of esters is 1. The van der Waals surface area contributed by atoms with Crippen molar-refractivity contribution in [2.24, 2.45) is 0 Å². The highest BCUT2D eigenvalue weighted by molar-refractivity contribution is 7.07. The number of carbonyl (C=O) groups excluding carboxylic acids is 2. The van der Waals surface area contributed by atoms with E-state index in [4.69, 9.17) is 4.74 Å². The van der Waals surface area contributed by atoms with Gasteiger partial charge in [-0.15, -0.1) is 0 Å². The Bertz CT molecular complexity index is 839. The number of aromatic nitrogens is 1. The molecular formula is C17H18N2O4S. The maximum Gasteiger partial charge on any atom is 0.326 e. The number of aryl methyl sites for hydroxylation is 1. The number of nitrogens with zero attached hydrogens (tertiary/aromatic N) is 2. The number of ether oxygens (including phenoxy) is 1. The lowest BCUT2D eigenvalue weighted by atomic mass is 10.1. The molecular weight excluding hydrogens is 328 g/mol. The van der Waals surface area contributed by atoms with Gasteiger partial charge in [-0.2, -0.15) is 0 Å². The summed E-state index contributed by atoms with van der Waals surface area (Å²) in [5, 5.41) is 1.68. The molecule has 0 radical (unpaired) electrons. The smallest absolute Gasteiger partial charge is 0.326 e. The normalized spacial score (nSPS) is 16.1. The van der Waals surface area contributed by atoms with Gasteiger partial charge in [-0.05, 0) is 31.9 Å². The van der Waals surface area contributed by atoms with Crippen LogP contribution in [-0.2, 0) is 27.3 Å². The van der Waals surface area contributed by atoms with Gasteiger partial charge in [0.05, 0.1) is 0 Å². The first-order valence-electron chi connectivity index (χ1n) is 7.68. The zero-order valence-electron chi connectivity index (χ0n) is 13.5. The summed E-state index contributed by atoms with van der Waals surface area (Å²) >= 11 is 1.03. The van der Waals surface area contributed by atoms with E-state index >= 15 is 0 Å². The number of benzene rings is 1. The molecule has 3 rings (SSSR count). The van der Waals surface area contributed by atoms with Crippen molar-refractivity contribution in [3.63, 3.8) is 0 Å². The van der Waals surface area contributed by atoms with Gasteiger partial charge >= 0.3 is 10.8 Å². The molecule has 1 aromatic heterocycles. The monoisotopic (exact) mass is 346 g/mol. The first-order valence-corrected chi connectivity index (χ1v) is 8.56. The fraction of sp³-hybridized carbons (Fsp3) is 0.353. The molecule has 2 aromatic rings. The van der Waals surface area contributed by atoms with Crippen molar-refractivity contribution in [3.8, 4) is 0 Å². The molecule has 0 unspecified atom stereocenters. The van der Waals surface area contributed by atoms with E-state index in [1.165, 1.54) is 4.57 Å². The van der Waals surface area contributed by atoms with Gasteiger partial charge in [0.25, 0.3) is 5.91 Å². The molecule has 0 bridgehead atoms. The Labute approximate surface area is 143 Å². The molecule has 126 valence electrons. The number of anilines is 1. The molecule has 0 fully saturated rings. The number of fused-ring (bicyclic) bond motifs is 1. The second-order valence-corrected chi connectivity index (χ2v) is 6.66. The zero-order valence-corrected chi connectivity index (χ0v) is 14.3. The highest BCUT2D eigenvalue weighted by Gasteiger charge is 2.30. The van der Waals surface area contributed by atoms with Crippen molar-refractivity contribution >= 4 is 28.9 Å². The number of carbonyl (C=O) groups is 2. The van der Waals surface area contributed by atoms with Crippen LogP contribution in [0.2, 0.25) is 0 Å². The van der Waals surface area contributed by atoms with E-state index in [9.17, 15) is 14.4 Å². The summed E-state index contributed by atoms with van der Waals surface area (Å²) in [5.74, 6) is -0.845. The third-order valence-electron chi connectivity index (χ3n) is 4.10. The Hall–Kier alpha value is -2.41. The van der Waals surface area contributed by atoms with Crippen LogP contribution < -0.4 is 9.77 Å². The van der Waals surface area contributed by atoms with Crippen LogP contribution in [-0.4, -0.2) is 29.1 Å². The van der Waals surface area contributed by atoms with Gasteiger partial charge in [-0.1, -0.05) is 29.5 Å². The van der Waals surface area contributed by atoms with Gasteiger partial charge in [0.2, 0.25) is 0 Å². The molecule has 7 heteroatoms. The summed E-state index contributed by atoms with van der Waals surface area (Å²) in [7, 11) is 0. The molecule has 1 amide bonds. The van der Waals surface area contributed by atoms with Crippen LogP contribution in [0.4, 0.5) is 5.69 Å². The fourth-order valence-corrected chi connectivity index (χ4v) is 3.66. The predicted octanol–water partition coefficient (Wildman–Crippen LogP) is 1.74. The van der Waals surface area contributed by atoms with E-state index in [2.05, 4.69) is 0 Å². The summed E-state index contributed by atoms with van der Waals surface area (Å²) in [6, 6.07) is 7.76. The number of para-hydroxylation sites is 1. The first-order chi connectivity index (χ1) is 11.5. The lowest BCUT2D eigenvalue weighted by molar-refractivity contribution is -0.148. The minimum atomic E-state index is -0.591. The zero-order chi connectivity index (χ0) is 17.3. The van der Waals surface area contributed by atoms with Gasteiger partial charge in [0, 0.05) is 22.8 Å². The number of thiazole rings is 1. The summed E-state index contributed by atoms with van der Waals surface area (Å²) in [5.41, 5.74) is 2.69. The van der Waals surface area contributed by atoms with Crippen molar-refractivity contribution in [1.29, 1.82) is 0 Å². The van der Waals surface area contributed by atoms with Crippen molar-refractivity contribution in [1.82, 2.24) is 4.57 Å². The molecule has 1 aromatic carbocycles. The standard InChI is InChI=1S/C17H18N2O4S/c1-11-7-13-5-3-4-6-14(13)19(11)15(20)9-23-16(21)8-18-12(2)10-24-17(18)22/h3-6,10-11H,7-9H2,1-2H3/t11-/m1/s1. The molecule has 0 saturated heterocycles.